The maximum atomic E-state index is 12.4. The average molecular weight is 313 g/mol. The molecule has 2 aliphatic rings. The second kappa shape index (κ2) is 7.58. The van der Waals surface area contributed by atoms with E-state index >= 15 is 0 Å². The maximum Gasteiger partial charge on any atom is 0.252 e. The van der Waals surface area contributed by atoms with Gasteiger partial charge in [0.1, 0.15) is 0 Å². The van der Waals surface area contributed by atoms with Crippen LogP contribution in [0.2, 0.25) is 0 Å². The lowest BCUT2D eigenvalue weighted by atomic mass is 10.0. The predicted octanol–water partition coefficient (Wildman–Crippen LogP) is 1.93. The number of carbonyl (C=O) groups is 1. The largest absolute Gasteiger partial charge is 0.377 e. The van der Waals surface area contributed by atoms with E-state index in [9.17, 15) is 4.79 Å². The minimum absolute atomic E-state index is 0.139. The Morgan fingerprint density at radius 1 is 1.30 bits per heavy atom. The van der Waals surface area contributed by atoms with E-state index in [4.69, 9.17) is 10.00 Å². The fraction of sp³-hybridized carbons (Fsp3) is 0.556. The Balaban J connectivity index is 1.48. The summed E-state index contributed by atoms with van der Waals surface area (Å²) >= 11 is 0. The van der Waals surface area contributed by atoms with Gasteiger partial charge in [-0.25, -0.2) is 0 Å². The second-order valence-corrected chi connectivity index (χ2v) is 6.34. The predicted molar refractivity (Wildman–Crippen MR) is 87.1 cm³/mol. The highest BCUT2D eigenvalue weighted by molar-refractivity contribution is 5.96. The first-order valence-electron chi connectivity index (χ1n) is 8.40. The van der Waals surface area contributed by atoms with Gasteiger partial charge in [0, 0.05) is 32.3 Å². The first-order chi connectivity index (χ1) is 11.3. The molecule has 0 aliphatic carbocycles. The lowest BCUT2D eigenvalue weighted by Gasteiger charge is -2.33. The zero-order valence-electron chi connectivity index (χ0n) is 13.3. The van der Waals surface area contributed by atoms with Gasteiger partial charge in [0.25, 0.3) is 5.91 Å². The monoisotopic (exact) mass is 313 g/mol. The van der Waals surface area contributed by atoms with Crippen molar-refractivity contribution in [1.82, 2.24) is 10.2 Å². The number of piperidine rings is 1. The summed E-state index contributed by atoms with van der Waals surface area (Å²) in [6.45, 7) is 3.89. The van der Waals surface area contributed by atoms with Gasteiger partial charge in [0.2, 0.25) is 0 Å². The van der Waals surface area contributed by atoms with Crippen molar-refractivity contribution in [3.05, 3.63) is 35.4 Å². The fourth-order valence-electron chi connectivity index (χ4n) is 3.38. The third-order valence-electron chi connectivity index (χ3n) is 4.70. The summed E-state index contributed by atoms with van der Waals surface area (Å²) in [6.07, 6.45) is 4.64. The average Bonchev–Trinajstić information content (AvgIpc) is 3.09. The van der Waals surface area contributed by atoms with E-state index in [2.05, 4.69) is 16.3 Å². The van der Waals surface area contributed by atoms with E-state index < -0.39 is 0 Å². The van der Waals surface area contributed by atoms with E-state index in [0.29, 0.717) is 17.2 Å². The number of carbonyl (C=O) groups excluding carboxylic acids is 1. The molecule has 122 valence electrons. The highest BCUT2D eigenvalue weighted by atomic mass is 16.5. The molecule has 2 aliphatic heterocycles. The molecule has 2 saturated heterocycles. The molecule has 2 heterocycles. The van der Waals surface area contributed by atoms with Crippen molar-refractivity contribution in [2.75, 3.05) is 26.2 Å². The summed E-state index contributed by atoms with van der Waals surface area (Å²) in [5, 5.41) is 12.2. The van der Waals surface area contributed by atoms with Crippen LogP contribution in [0, 0.1) is 11.3 Å². The molecule has 0 unspecified atom stereocenters. The van der Waals surface area contributed by atoms with Crippen LogP contribution in [0.4, 0.5) is 0 Å². The van der Waals surface area contributed by atoms with E-state index in [-0.39, 0.29) is 11.9 Å². The fourth-order valence-corrected chi connectivity index (χ4v) is 3.38. The van der Waals surface area contributed by atoms with Gasteiger partial charge in [0.05, 0.1) is 23.3 Å². The van der Waals surface area contributed by atoms with Crippen LogP contribution >= 0.6 is 0 Å². The molecule has 1 aromatic carbocycles. The van der Waals surface area contributed by atoms with Gasteiger partial charge in [-0.05, 0) is 37.8 Å². The summed E-state index contributed by atoms with van der Waals surface area (Å²) in [7, 11) is 0. The van der Waals surface area contributed by atoms with Crippen LogP contribution in [0.3, 0.4) is 0 Å². The Morgan fingerprint density at radius 3 is 2.78 bits per heavy atom. The van der Waals surface area contributed by atoms with Crippen LogP contribution in [0.15, 0.2) is 24.3 Å². The molecule has 2 fully saturated rings. The minimum Gasteiger partial charge on any atom is -0.377 e. The molecular formula is C18H23N3O2. The number of nitriles is 1. The van der Waals surface area contributed by atoms with Crippen LogP contribution < -0.4 is 5.32 Å². The zero-order chi connectivity index (χ0) is 16.1. The third kappa shape index (κ3) is 4.10. The number of hydrogen-bond donors (Lipinski definition) is 1. The van der Waals surface area contributed by atoms with Crippen LogP contribution in [0.1, 0.15) is 41.6 Å². The van der Waals surface area contributed by atoms with E-state index in [1.165, 1.54) is 12.8 Å². The summed E-state index contributed by atoms with van der Waals surface area (Å²) in [5.74, 6) is -0.139. The Bertz CT molecular complexity index is 582. The van der Waals surface area contributed by atoms with Crippen LogP contribution in [0.5, 0.6) is 0 Å². The molecule has 0 bridgehead atoms. The molecule has 3 rings (SSSR count). The van der Waals surface area contributed by atoms with Crippen LogP contribution in [-0.4, -0.2) is 49.2 Å². The van der Waals surface area contributed by atoms with Gasteiger partial charge in [-0.15, -0.1) is 0 Å². The number of rotatable bonds is 4. The lowest BCUT2D eigenvalue weighted by molar-refractivity contribution is 0.0613. The number of benzene rings is 1. The van der Waals surface area contributed by atoms with Gasteiger partial charge in [-0.3, -0.25) is 4.79 Å². The minimum atomic E-state index is -0.139. The first kappa shape index (κ1) is 16.0. The van der Waals surface area contributed by atoms with Gasteiger partial charge in [-0.2, -0.15) is 5.26 Å². The van der Waals surface area contributed by atoms with E-state index in [1.54, 1.807) is 24.3 Å². The molecule has 1 aromatic rings. The molecule has 1 N–H and O–H groups in total. The summed E-state index contributed by atoms with van der Waals surface area (Å²) < 4.78 is 5.69. The summed E-state index contributed by atoms with van der Waals surface area (Å²) in [4.78, 5) is 14.8. The zero-order valence-corrected chi connectivity index (χ0v) is 13.3. The summed E-state index contributed by atoms with van der Waals surface area (Å²) in [5.41, 5.74) is 0.901. The summed E-state index contributed by atoms with van der Waals surface area (Å²) in [6, 6.07) is 9.22. The molecule has 23 heavy (non-hydrogen) atoms. The van der Waals surface area contributed by atoms with Crippen molar-refractivity contribution in [2.24, 2.45) is 0 Å². The number of nitrogens with one attached hydrogen (secondary N) is 1. The smallest absolute Gasteiger partial charge is 0.252 e. The van der Waals surface area contributed by atoms with Gasteiger partial charge in [-0.1, -0.05) is 12.1 Å². The van der Waals surface area contributed by atoms with E-state index in [1.807, 2.05) is 0 Å². The molecule has 1 atom stereocenters. The Kier molecular flexibility index (Phi) is 5.27. The highest BCUT2D eigenvalue weighted by Crippen LogP contribution is 2.17. The van der Waals surface area contributed by atoms with Crippen molar-refractivity contribution in [3.8, 4) is 6.07 Å². The number of nitrogens with zero attached hydrogens (tertiary/aromatic N) is 2. The standard InChI is InChI=1S/C18H23N3O2/c19-12-14-4-1-2-6-17(14)18(22)20-15-7-9-21(10-8-15)13-16-5-3-11-23-16/h1-2,4,6,15-16H,3,5,7-11,13H2,(H,20,22)/t16-/m0/s1. The number of amides is 1. The first-order valence-corrected chi connectivity index (χ1v) is 8.40. The number of hydrogen-bond acceptors (Lipinski definition) is 4. The van der Waals surface area contributed by atoms with Crippen molar-refractivity contribution >= 4 is 5.91 Å². The quantitative estimate of drug-likeness (QED) is 0.922. The van der Waals surface area contributed by atoms with Crippen LogP contribution in [0.25, 0.3) is 0 Å². The molecule has 5 nitrogen and oxygen atoms in total. The molecule has 0 radical (unpaired) electrons. The van der Waals surface area contributed by atoms with Crippen molar-refractivity contribution in [3.63, 3.8) is 0 Å². The SMILES string of the molecule is N#Cc1ccccc1C(=O)NC1CCN(C[C@@H]2CCCO2)CC1. The topological polar surface area (TPSA) is 65.4 Å². The molecule has 0 spiro atoms. The Morgan fingerprint density at radius 2 is 2.09 bits per heavy atom. The number of ether oxygens (including phenoxy) is 1. The normalized spacial score (nSPS) is 22.7. The Labute approximate surface area is 137 Å². The van der Waals surface area contributed by atoms with Crippen molar-refractivity contribution < 1.29 is 9.53 Å². The van der Waals surface area contributed by atoms with Gasteiger partial charge in [0.15, 0.2) is 0 Å². The highest BCUT2D eigenvalue weighted by Gasteiger charge is 2.25. The van der Waals surface area contributed by atoms with Gasteiger partial charge >= 0.3 is 0 Å². The Hall–Kier alpha value is -1.90. The van der Waals surface area contributed by atoms with E-state index in [0.717, 1.165) is 39.1 Å². The van der Waals surface area contributed by atoms with Crippen LogP contribution in [-0.2, 0) is 4.74 Å². The molecule has 0 aromatic heterocycles. The van der Waals surface area contributed by atoms with Crippen molar-refractivity contribution in [1.29, 1.82) is 5.26 Å². The molecule has 1 amide bonds. The lowest BCUT2D eigenvalue weighted by Crippen LogP contribution is -2.46. The second-order valence-electron chi connectivity index (χ2n) is 6.34. The molecule has 0 saturated carbocycles. The number of likely N-dealkylation sites (tertiary alicyclic amines) is 1. The van der Waals surface area contributed by atoms with Gasteiger partial charge < -0.3 is 15.0 Å². The molecule has 5 heteroatoms. The van der Waals surface area contributed by atoms with Crippen molar-refractivity contribution in [2.45, 2.75) is 37.8 Å². The third-order valence-corrected chi connectivity index (χ3v) is 4.70. The maximum absolute atomic E-state index is 12.4. The molecular weight excluding hydrogens is 290 g/mol.